The highest BCUT2D eigenvalue weighted by Crippen LogP contribution is 2.23. The summed E-state index contributed by atoms with van der Waals surface area (Å²) in [4.78, 5) is 27.3. The summed E-state index contributed by atoms with van der Waals surface area (Å²) in [5, 5.41) is 11.0. The van der Waals surface area contributed by atoms with Crippen LogP contribution in [0.15, 0.2) is 72.3 Å². The number of carbonyl (C=O) groups is 1. The number of thiazole rings is 1. The van der Waals surface area contributed by atoms with Crippen LogP contribution in [-0.4, -0.2) is 15.4 Å². The average molecular weight is 365 g/mol. The van der Waals surface area contributed by atoms with Gasteiger partial charge in [0.25, 0.3) is 11.6 Å². The number of hydrogen-bond donors (Lipinski definition) is 0. The number of carbonyl (C=O) groups excluding carboxylic acids is 1. The van der Waals surface area contributed by atoms with Crippen molar-refractivity contribution in [2.45, 2.75) is 6.54 Å². The van der Waals surface area contributed by atoms with E-state index in [4.69, 9.17) is 0 Å². The lowest BCUT2D eigenvalue weighted by Gasteiger charge is -2.00. The fourth-order valence-electron chi connectivity index (χ4n) is 2.43. The number of nitro benzene ring substituents is 1. The number of allylic oxidation sites excluding steroid dienone is 1. The van der Waals surface area contributed by atoms with Gasteiger partial charge >= 0.3 is 0 Å². The Labute approximate surface area is 153 Å². The zero-order valence-corrected chi connectivity index (χ0v) is 14.6. The van der Waals surface area contributed by atoms with Crippen LogP contribution in [0.25, 0.3) is 16.3 Å². The molecule has 1 heterocycles. The van der Waals surface area contributed by atoms with Gasteiger partial charge in [0.1, 0.15) is 0 Å². The van der Waals surface area contributed by atoms with Gasteiger partial charge in [0.2, 0.25) is 0 Å². The molecule has 0 bridgehead atoms. The van der Waals surface area contributed by atoms with E-state index in [9.17, 15) is 14.9 Å². The molecule has 0 saturated heterocycles. The monoisotopic (exact) mass is 365 g/mol. The van der Waals surface area contributed by atoms with Crippen molar-refractivity contribution in [3.63, 3.8) is 0 Å². The summed E-state index contributed by atoms with van der Waals surface area (Å²) in [5.74, 6) is -0.396. The lowest BCUT2D eigenvalue weighted by Crippen LogP contribution is -2.15. The van der Waals surface area contributed by atoms with Crippen molar-refractivity contribution in [3.8, 4) is 0 Å². The summed E-state index contributed by atoms with van der Waals surface area (Å²) in [5.41, 5.74) is 1.69. The molecule has 1 amide bonds. The molecule has 3 aromatic rings. The summed E-state index contributed by atoms with van der Waals surface area (Å²) < 4.78 is 2.50. The molecule has 0 radical (unpaired) electrons. The second kappa shape index (κ2) is 7.71. The van der Waals surface area contributed by atoms with E-state index in [-0.39, 0.29) is 5.69 Å². The van der Waals surface area contributed by atoms with Crippen molar-refractivity contribution in [1.29, 1.82) is 0 Å². The van der Waals surface area contributed by atoms with E-state index >= 15 is 0 Å². The average Bonchev–Trinajstić information content (AvgIpc) is 2.97. The highest BCUT2D eigenvalue weighted by molar-refractivity contribution is 7.16. The minimum absolute atomic E-state index is 0.00588. The van der Waals surface area contributed by atoms with E-state index < -0.39 is 10.8 Å². The maximum Gasteiger partial charge on any atom is 0.272 e. The normalized spacial score (nSPS) is 11.9. The summed E-state index contributed by atoms with van der Waals surface area (Å²) in [7, 11) is 0. The van der Waals surface area contributed by atoms with Crippen LogP contribution in [-0.2, 0) is 11.3 Å². The van der Waals surface area contributed by atoms with Crippen LogP contribution in [0.1, 0.15) is 5.56 Å². The molecule has 2 aromatic carbocycles. The van der Waals surface area contributed by atoms with E-state index in [2.05, 4.69) is 11.6 Å². The SMILES string of the molecule is C=CCn1c(=NC(=O)/C=C/c2ccccc2)sc2cc([N+](=O)[O-])ccc21. The van der Waals surface area contributed by atoms with Crippen molar-refractivity contribution in [3.05, 3.63) is 87.7 Å². The van der Waals surface area contributed by atoms with Crippen molar-refractivity contribution in [1.82, 2.24) is 4.57 Å². The quantitative estimate of drug-likeness (QED) is 0.297. The third kappa shape index (κ3) is 3.84. The molecule has 26 heavy (non-hydrogen) atoms. The van der Waals surface area contributed by atoms with Gasteiger partial charge in [-0.3, -0.25) is 14.9 Å². The maximum absolute atomic E-state index is 12.2. The Morgan fingerprint density at radius 2 is 2.04 bits per heavy atom. The number of non-ortho nitro benzene ring substituents is 1. The van der Waals surface area contributed by atoms with Gasteiger partial charge in [-0.2, -0.15) is 4.99 Å². The number of rotatable bonds is 5. The van der Waals surface area contributed by atoms with Crippen LogP contribution in [0.3, 0.4) is 0 Å². The van der Waals surface area contributed by atoms with E-state index in [1.54, 1.807) is 18.2 Å². The van der Waals surface area contributed by atoms with Crippen LogP contribution in [0.2, 0.25) is 0 Å². The number of nitrogens with zero attached hydrogens (tertiary/aromatic N) is 3. The van der Waals surface area contributed by atoms with E-state index in [0.717, 1.165) is 11.1 Å². The molecule has 6 nitrogen and oxygen atoms in total. The minimum atomic E-state index is -0.443. The Morgan fingerprint density at radius 1 is 1.27 bits per heavy atom. The molecule has 0 saturated carbocycles. The van der Waals surface area contributed by atoms with Crippen LogP contribution in [0, 0.1) is 10.1 Å². The topological polar surface area (TPSA) is 77.5 Å². The number of amides is 1. The molecule has 0 aliphatic heterocycles. The number of fused-ring (bicyclic) bond motifs is 1. The third-order valence-corrected chi connectivity index (χ3v) is 4.65. The Kier molecular flexibility index (Phi) is 5.19. The molecular weight excluding hydrogens is 350 g/mol. The molecule has 0 aliphatic carbocycles. The summed E-state index contributed by atoms with van der Waals surface area (Å²) in [6, 6.07) is 14.0. The van der Waals surface area contributed by atoms with Gasteiger partial charge in [0.15, 0.2) is 4.80 Å². The number of hydrogen-bond acceptors (Lipinski definition) is 4. The predicted molar refractivity (Wildman–Crippen MR) is 103 cm³/mol. The van der Waals surface area contributed by atoms with E-state index in [1.165, 1.54) is 29.5 Å². The van der Waals surface area contributed by atoms with Crippen molar-refractivity contribution < 1.29 is 9.72 Å². The minimum Gasteiger partial charge on any atom is -0.312 e. The Hall–Kier alpha value is -3.32. The summed E-state index contributed by atoms with van der Waals surface area (Å²) in [6.07, 6.45) is 4.79. The Bertz CT molecular complexity index is 1080. The molecule has 3 rings (SSSR count). The van der Waals surface area contributed by atoms with Crippen LogP contribution in [0.5, 0.6) is 0 Å². The predicted octanol–water partition coefficient (Wildman–Crippen LogP) is 3.94. The first-order valence-electron chi connectivity index (χ1n) is 7.79. The summed E-state index contributed by atoms with van der Waals surface area (Å²) in [6.45, 7) is 4.17. The highest BCUT2D eigenvalue weighted by Gasteiger charge is 2.11. The molecule has 0 aliphatic rings. The number of nitro groups is 1. The summed E-state index contributed by atoms with van der Waals surface area (Å²) >= 11 is 1.23. The Morgan fingerprint density at radius 3 is 2.73 bits per heavy atom. The molecule has 130 valence electrons. The van der Waals surface area contributed by atoms with Gasteiger partial charge in [0, 0.05) is 24.8 Å². The standard InChI is InChI=1S/C19H15N3O3S/c1-2-12-21-16-10-9-15(22(24)25)13-17(16)26-19(21)20-18(23)11-8-14-6-4-3-5-7-14/h2-11,13H,1,12H2/b11-8+,20-19?. The fourth-order valence-corrected chi connectivity index (χ4v) is 3.51. The molecule has 1 aromatic heterocycles. The van der Waals surface area contributed by atoms with Crippen LogP contribution >= 0.6 is 11.3 Å². The van der Waals surface area contributed by atoms with Crippen molar-refractivity contribution >= 4 is 39.2 Å². The second-order valence-corrected chi connectivity index (χ2v) is 6.40. The first kappa shape index (κ1) is 17.5. The van der Waals surface area contributed by atoms with Gasteiger partial charge in [0.05, 0.1) is 15.1 Å². The van der Waals surface area contributed by atoms with Gasteiger partial charge in [-0.1, -0.05) is 47.7 Å². The van der Waals surface area contributed by atoms with Gasteiger partial charge < -0.3 is 4.57 Å². The second-order valence-electron chi connectivity index (χ2n) is 5.39. The van der Waals surface area contributed by atoms with E-state index in [1.807, 2.05) is 34.9 Å². The molecule has 7 heteroatoms. The largest absolute Gasteiger partial charge is 0.312 e. The van der Waals surface area contributed by atoms with Crippen LogP contribution in [0.4, 0.5) is 5.69 Å². The smallest absolute Gasteiger partial charge is 0.272 e. The lowest BCUT2D eigenvalue weighted by molar-refractivity contribution is -0.384. The third-order valence-electron chi connectivity index (χ3n) is 3.61. The highest BCUT2D eigenvalue weighted by atomic mass is 32.1. The Balaban J connectivity index is 2.02. The molecule has 0 spiro atoms. The van der Waals surface area contributed by atoms with E-state index in [0.29, 0.717) is 16.0 Å². The zero-order valence-electron chi connectivity index (χ0n) is 13.7. The van der Waals surface area contributed by atoms with Crippen molar-refractivity contribution in [2.75, 3.05) is 0 Å². The molecule has 0 N–H and O–H groups in total. The van der Waals surface area contributed by atoms with Gasteiger partial charge in [-0.05, 0) is 17.7 Å². The number of benzene rings is 2. The van der Waals surface area contributed by atoms with Gasteiger partial charge in [-0.25, -0.2) is 0 Å². The first-order chi connectivity index (χ1) is 12.6. The lowest BCUT2D eigenvalue weighted by atomic mass is 10.2. The molecule has 0 unspecified atom stereocenters. The first-order valence-corrected chi connectivity index (χ1v) is 8.60. The molecule has 0 atom stereocenters. The molecular formula is C19H15N3O3S. The molecule has 0 fully saturated rings. The van der Waals surface area contributed by atoms with Crippen LogP contribution < -0.4 is 4.80 Å². The maximum atomic E-state index is 12.2. The zero-order chi connectivity index (χ0) is 18.5. The number of aromatic nitrogens is 1. The van der Waals surface area contributed by atoms with Gasteiger partial charge in [-0.15, -0.1) is 6.58 Å². The van der Waals surface area contributed by atoms with Crippen molar-refractivity contribution in [2.24, 2.45) is 4.99 Å². The fraction of sp³-hybridized carbons (Fsp3) is 0.0526.